The first kappa shape index (κ1) is 10.6. The molecule has 0 bridgehead atoms. The molecule has 2 nitrogen and oxygen atoms in total. The van der Waals surface area contributed by atoms with Gasteiger partial charge in [-0.2, -0.15) is 0 Å². The Morgan fingerprint density at radius 3 is 2.35 bits per heavy atom. The molecule has 1 saturated carbocycles. The zero-order valence-corrected chi connectivity index (χ0v) is 9.82. The van der Waals surface area contributed by atoms with E-state index in [0.29, 0.717) is 5.75 Å². The lowest BCUT2D eigenvalue weighted by Crippen LogP contribution is -2.33. The molecule has 1 aliphatic rings. The van der Waals surface area contributed by atoms with Crippen molar-refractivity contribution in [3.63, 3.8) is 0 Å². The molecule has 0 radical (unpaired) electrons. The molecule has 17 heavy (non-hydrogen) atoms. The third kappa shape index (κ3) is 1.60. The van der Waals surface area contributed by atoms with E-state index in [4.69, 9.17) is 5.73 Å². The van der Waals surface area contributed by atoms with Crippen molar-refractivity contribution in [2.75, 3.05) is 0 Å². The number of hydrogen-bond donors (Lipinski definition) is 2. The van der Waals surface area contributed by atoms with Crippen molar-refractivity contribution in [1.82, 2.24) is 0 Å². The first-order valence-corrected chi connectivity index (χ1v) is 6.21. The Balaban J connectivity index is 2.26. The van der Waals surface area contributed by atoms with E-state index in [2.05, 4.69) is 12.1 Å². The van der Waals surface area contributed by atoms with Gasteiger partial charge in [-0.25, -0.2) is 0 Å². The predicted octanol–water partition coefficient (Wildman–Crippen LogP) is 3.27. The summed E-state index contributed by atoms with van der Waals surface area (Å²) in [5, 5.41) is 11.9. The van der Waals surface area contributed by atoms with Gasteiger partial charge in [-0.05, 0) is 29.9 Å². The van der Waals surface area contributed by atoms with Gasteiger partial charge >= 0.3 is 0 Å². The lowest BCUT2D eigenvalue weighted by molar-refractivity contribution is 0.465. The highest BCUT2D eigenvalue weighted by Gasteiger charge is 2.32. The molecule has 0 spiro atoms. The second-order valence-electron chi connectivity index (χ2n) is 5.04. The van der Waals surface area contributed by atoms with Gasteiger partial charge in [0.05, 0.1) is 0 Å². The number of aromatic hydroxyl groups is 1. The summed E-state index contributed by atoms with van der Waals surface area (Å²) in [4.78, 5) is 0. The lowest BCUT2D eigenvalue weighted by atomic mass is 9.85. The van der Waals surface area contributed by atoms with E-state index in [0.717, 1.165) is 23.6 Å². The fourth-order valence-electron chi connectivity index (χ4n) is 3.00. The Labute approximate surface area is 101 Å². The normalized spacial score (nSPS) is 18.6. The zero-order valence-electron chi connectivity index (χ0n) is 9.82. The summed E-state index contributed by atoms with van der Waals surface area (Å²) < 4.78 is 0. The monoisotopic (exact) mass is 227 g/mol. The zero-order chi connectivity index (χ0) is 11.9. The minimum absolute atomic E-state index is 0.201. The molecule has 3 rings (SSSR count). The summed E-state index contributed by atoms with van der Waals surface area (Å²) in [7, 11) is 0. The van der Waals surface area contributed by atoms with Crippen LogP contribution in [0.25, 0.3) is 10.8 Å². The first-order chi connectivity index (χ1) is 8.21. The fraction of sp³-hybridized carbons (Fsp3) is 0.333. The fourth-order valence-corrected chi connectivity index (χ4v) is 3.00. The van der Waals surface area contributed by atoms with Crippen LogP contribution in [0.1, 0.15) is 31.2 Å². The molecule has 2 heteroatoms. The molecule has 88 valence electrons. The Kier molecular flexibility index (Phi) is 2.33. The smallest absolute Gasteiger partial charge is 0.123 e. The standard InChI is InChI=1S/C15H17NO/c16-15(9-1-2-10-15)13-7-3-6-12-11(13)5-4-8-14(12)17/h3-8,17H,1-2,9-10,16H2. The minimum atomic E-state index is -0.201. The molecule has 0 unspecified atom stereocenters. The predicted molar refractivity (Wildman–Crippen MR) is 69.9 cm³/mol. The Morgan fingerprint density at radius 2 is 1.59 bits per heavy atom. The van der Waals surface area contributed by atoms with Gasteiger partial charge in [0, 0.05) is 10.9 Å². The van der Waals surface area contributed by atoms with E-state index < -0.39 is 0 Å². The van der Waals surface area contributed by atoms with E-state index in [9.17, 15) is 5.11 Å². The molecule has 0 heterocycles. The van der Waals surface area contributed by atoms with Crippen molar-refractivity contribution >= 4 is 10.8 Å². The second-order valence-corrected chi connectivity index (χ2v) is 5.04. The topological polar surface area (TPSA) is 46.2 Å². The maximum Gasteiger partial charge on any atom is 0.123 e. The van der Waals surface area contributed by atoms with Crippen molar-refractivity contribution in [3.05, 3.63) is 42.0 Å². The van der Waals surface area contributed by atoms with Gasteiger partial charge in [-0.1, -0.05) is 43.2 Å². The van der Waals surface area contributed by atoms with Crippen molar-refractivity contribution in [2.45, 2.75) is 31.2 Å². The Hall–Kier alpha value is -1.54. The highest BCUT2D eigenvalue weighted by atomic mass is 16.3. The molecule has 2 aromatic rings. The van der Waals surface area contributed by atoms with Crippen molar-refractivity contribution in [1.29, 1.82) is 0 Å². The van der Waals surface area contributed by atoms with Gasteiger partial charge in [0.1, 0.15) is 5.75 Å². The van der Waals surface area contributed by atoms with Crippen LogP contribution in [0.2, 0.25) is 0 Å². The van der Waals surface area contributed by atoms with Gasteiger partial charge in [0.25, 0.3) is 0 Å². The van der Waals surface area contributed by atoms with Crippen LogP contribution in [-0.2, 0) is 5.54 Å². The Morgan fingerprint density at radius 1 is 0.941 bits per heavy atom. The number of fused-ring (bicyclic) bond motifs is 1. The van der Waals surface area contributed by atoms with Gasteiger partial charge < -0.3 is 10.8 Å². The summed E-state index contributed by atoms with van der Waals surface area (Å²) in [5.74, 6) is 0.339. The van der Waals surface area contributed by atoms with E-state index in [-0.39, 0.29) is 5.54 Å². The van der Waals surface area contributed by atoms with E-state index >= 15 is 0 Å². The first-order valence-electron chi connectivity index (χ1n) is 6.21. The second kappa shape index (κ2) is 3.74. The van der Waals surface area contributed by atoms with Gasteiger partial charge in [0.2, 0.25) is 0 Å². The molecule has 0 saturated heterocycles. The summed E-state index contributed by atoms with van der Waals surface area (Å²) in [5.41, 5.74) is 7.50. The van der Waals surface area contributed by atoms with Crippen LogP contribution in [-0.4, -0.2) is 5.11 Å². The average molecular weight is 227 g/mol. The van der Waals surface area contributed by atoms with Crippen LogP contribution in [0.4, 0.5) is 0 Å². The molecule has 0 amide bonds. The molecular formula is C15H17NO. The maximum atomic E-state index is 9.88. The van der Waals surface area contributed by atoms with E-state index in [1.54, 1.807) is 6.07 Å². The van der Waals surface area contributed by atoms with Gasteiger partial charge in [-0.3, -0.25) is 0 Å². The van der Waals surface area contributed by atoms with Crippen LogP contribution >= 0.6 is 0 Å². The van der Waals surface area contributed by atoms with Gasteiger partial charge in [0.15, 0.2) is 0 Å². The maximum absolute atomic E-state index is 9.88. The summed E-state index contributed by atoms with van der Waals surface area (Å²) in [6, 6.07) is 11.7. The molecule has 1 aliphatic carbocycles. The number of hydrogen-bond acceptors (Lipinski definition) is 2. The summed E-state index contributed by atoms with van der Waals surface area (Å²) in [6.07, 6.45) is 4.49. The van der Waals surface area contributed by atoms with Crippen LogP contribution in [0.3, 0.4) is 0 Å². The molecular weight excluding hydrogens is 210 g/mol. The van der Waals surface area contributed by atoms with Crippen LogP contribution in [0.15, 0.2) is 36.4 Å². The molecule has 0 aliphatic heterocycles. The third-order valence-corrected chi connectivity index (χ3v) is 3.93. The Bertz CT molecular complexity index is 556. The minimum Gasteiger partial charge on any atom is -0.507 e. The molecule has 3 N–H and O–H groups in total. The number of rotatable bonds is 1. The molecule has 0 atom stereocenters. The average Bonchev–Trinajstić information content (AvgIpc) is 2.77. The molecule has 1 fully saturated rings. The van der Waals surface area contributed by atoms with Crippen LogP contribution in [0, 0.1) is 0 Å². The lowest BCUT2D eigenvalue weighted by Gasteiger charge is -2.26. The molecule has 0 aromatic heterocycles. The van der Waals surface area contributed by atoms with E-state index in [1.807, 2.05) is 18.2 Å². The largest absolute Gasteiger partial charge is 0.507 e. The summed E-state index contributed by atoms with van der Waals surface area (Å²) in [6.45, 7) is 0. The SMILES string of the molecule is NC1(c2cccc3c(O)cccc23)CCCC1. The van der Waals surface area contributed by atoms with Gasteiger partial charge in [-0.15, -0.1) is 0 Å². The van der Waals surface area contributed by atoms with E-state index in [1.165, 1.54) is 18.4 Å². The van der Waals surface area contributed by atoms with Crippen molar-refractivity contribution < 1.29 is 5.11 Å². The molecule has 2 aromatic carbocycles. The summed E-state index contributed by atoms with van der Waals surface area (Å²) >= 11 is 0. The highest BCUT2D eigenvalue weighted by Crippen LogP contribution is 2.40. The van der Waals surface area contributed by atoms with Crippen molar-refractivity contribution in [3.8, 4) is 5.75 Å². The quantitative estimate of drug-likeness (QED) is 0.785. The number of phenolic OH excluding ortho intramolecular Hbond substituents is 1. The number of phenols is 1. The number of nitrogens with two attached hydrogens (primary N) is 1. The highest BCUT2D eigenvalue weighted by molar-refractivity contribution is 5.91. The van der Waals surface area contributed by atoms with Crippen molar-refractivity contribution in [2.24, 2.45) is 5.73 Å². The van der Waals surface area contributed by atoms with Crippen LogP contribution < -0.4 is 5.73 Å². The number of benzene rings is 2. The third-order valence-electron chi connectivity index (χ3n) is 3.93. The van der Waals surface area contributed by atoms with Crippen LogP contribution in [0.5, 0.6) is 5.75 Å².